The van der Waals surface area contributed by atoms with Gasteiger partial charge in [-0.3, -0.25) is 4.72 Å². The zero-order valence-electron chi connectivity index (χ0n) is 16.7. The van der Waals surface area contributed by atoms with Crippen molar-refractivity contribution in [2.75, 3.05) is 10.5 Å². The molecule has 5 nitrogen and oxygen atoms in total. The van der Waals surface area contributed by atoms with Gasteiger partial charge in [0.15, 0.2) is 0 Å². The topological polar surface area (TPSA) is 74.8 Å². The summed E-state index contributed by atoms with van der Waals surface area (Å²) >= 11 is 0. The Balaban J connectivity index is 1.69. The Kier molecular flexibility index (Phi) is 5.30. The summed E-state index contributed by atoms with van der Waals surface area (Å²) in [5.41, 5.74) is 5.60. The maximum Gasteiger partial charge on any atom is 0.232 e. The molecule has 0 saturated carbocycles. The number of aryl methyl sites for hydroxylation is 1. The molecule has 0 aliphatic carbocycles. The average Bonchev–Trinajstić information content (AvgIpc) is 3.13. The van der Waals surface area contributed by atoms with Gasteiger partial charge in [-0.1, -0.05) is 29.8 Å². The van der Waals surface area contributed by atoms with Crippen LogP contribution in [0.1, 0.15) is 23.6 Å². The molecule has 0 radical (unpaired) electrons. The highest BCUT2D eigenvalue weighted by Gasteiger charge is 2.13. The van der Waals surface area contributed by atoms with Gasteiger partial charge in [0.05, 0.1) is 5.75 Å². The Labute approximate surface area is 175 Å². The van der Waals surface area contributed by atoms with Crippen molar-refractivity contribution in [3.8, 4) is 11.1 Å². The third-order valence-corrected chi connectivity index (χ3v) is 6.39. The van der Waals surface area contributed by atoms with E-state index in [1.165, 1.54) is 17.7 Å². The van der Waals surface area contributed by atoms with Gasteiger partial charge in [0.1, 0.15) is 11.5 Å². The molecule has 2 aromatic heterocycles. The second-order valence-electron chi connectivity index (χ2n) is 7.29. The predicted octanol–water partition coefficient (Wildman–Crippen LogP) is 5.03. The van der Waals surface area contributed by atoms with E-state index in [1.807, 2.05) is 37.5 Å². The Morgan fingerprint density at radius 3 is 2.53 bits per heavy atom. The zero-order chi connectivity index (χ0) is 21.3. The number of H-pyrrole nitrogens is 1. The van der Waals surface area contributed by atoms with Gasteiger partial charge in [0, 0.05) is 35.5 Å². The van der Waals surface area contributed by atoms with Crippen LogP contribution in [-0.2, 0) is 16.4 Å². The number of anilines is 1. The first-order valence-electron chi connectivity index (χ1n) is 9.66. The van der Waals surface area contributed by atoms with Crippen LogP contribution in [0.5, 0.6) is 0 Å². The molecule has 0 amide bonds. The van der Waals surface area contributed by atoms with Gasteiger partial charge >= 0.3 is 0 Å². The quantitative estimate of drug-likeness (QED) is 0.457. The van der Waals surface area contributed by atoms with E-state index in [4.69, 9.17) is 0 Å². The lowest BCUT2D eigenvalue weighted by atomic mass is 10.0. The normalized spacial score (nSPS) is 11.7. The summed E-state index contributed by atoms with van der Waals surface area (Å²) in [5, 5.41) is 0.909. The van der Waals surface area contributed by atoms with Gasteiger partial charge in [-0.2, -0.15) is 0 Å². The summed E-state index contributed by atoms with van der Waals surface area (Å²) in [6, 6.07) is 14.5. The number of halogens is 1. The van der Waals surface area contributed by atoms with Gasteiger partial charge in [-0.15, -0.1) is 0 Å². The number of aromatic amines is 1. The minimum absolute atomic E-state index is 0.0460. The summed E-state index contributed by atoms with van der Waals surface area (Å²) in [6.45, 7) is 3.59. The number of sulfonamides is 1. The fraction of sp³-hybridized carbons (Fsp3) is 0.174. The van der Waals surface area contributed by atoms with Crippen LogP contribution in [0.4, 0.5) is 10.1 Å². The number of rotatable bonds is 6. The van der Waals surface area contributed by atoms with Crippen molar-refractivity contribution in [2.45, 2.75) is 20.3 Å². The largest absolute Gasteiger partial charge is 0.346 e. The van der Waals surface area contributed by atoms with Crippen LogP contribution in [-0.4, -0.2) is 24.1 Å². The van der Waals surface area contributed by atoms with E-state index in [0.717, 1.165) is 27.7 Å². The van der Waals surface area contributed by atoms with E-state index in [2.05, 4.69) is 26.8 Å². The molecule has 0 saturated heterocycles. The van der Waals surface area contributed by atoms with Crippen LogP contribution >= 0.6 is 0 Å². The highest BCUT2D eigenvalue weighted by atomic mass is 32.2. The minimum atomic E-state index is -3.43. The Bertz CT molecular complexity index is 1310. The van der Waals surface area contributed by atoms with E-state index >= 15 is 0 Å². The van der Waals surface area contributed by atoms with E-state index < -0.39 is 10.0 Å². The summed E-state index contributed by atoms with van der Waals surface area (Å²) in [5.74, 6) is -0.429. The summed E-state index contributed by atoms with van der Waals surface area (Å²) in [7, 11) is -3.43. The lowest BCUT2D eigenvalue weighted by Crippen LogP contribution is -2.14. The molecule has 0 aliphatic rings. The Morgan fingerprint density at radius 2 is 1.80 bits per heavy atom. The lowest BCUT2D eigenvalue weighted by Gasteiger charge is -2.09. The molecule has 2 heterocycles. The predicted molar refractivity (Wildman–Crippen MR) is 119 cm³/mol. The lowest BCUT2D eigenvalue weighted by molar-refractivity contribution is 0.601. The molecule has 2 N–H and O–H groups in total. The van der Waals surface area contributed by atoms with E-state index in [-0.39, 0.29) is 11.6 Å². The van der Waals surface area contributed by atoms with Crippen LogP contribution in [0.3, 0.4) is 0 Å². The van der Waals surface area contributed by atoms with Crippen LogP contribution in [0, 0.1) is 12.7 Å². The molecule has 4 aromatic rings. The molecule has 30 heavy (non-hydrogen) atoms. The van der Waals surface area contributed by atoms with Gasteiger partial charge < -0.3 is 4.98 Å². The maximum atomic E-state index is 14.5. The Morgan fingerprint density at radius 1 is 1.03 bits per heavy atom. The van der Waals surface area contributed by atoms with Crippen molar-refractivity contribution in [1.29, 1.82) is 0 Å². The number of nitrogens with one attached hydrogen (secondary N) is 2. The average molecular weight is 424 g/mol. The Hall–Kier alpha value is -3.19. The molecule has 0 fully saturated rings. The van der Waals surface area contributed by atoms with Crippen molar-refractivity contribution in [3.63, 3.8) is 0 Å². The molecule has 2 aromatic carbocycles. The monoisotopic (exact) mass is 423 g/mol. The van der Waals surface area contributed by atoms with Crippen molar-refractivity contribution < 1.29 is 12.8 Å². The van der Waals surface area contributed by atoms with Gasteiger partial charge in [0.2, 0.25) is 10.0 Å². The number of hydrogen-bond acceptors (Lipinski definition) is 3. The van der Waals surface area contributed by atoms with Gasteiger partial charge in [0.25, 0.3) is 0 Å². The van der Waals surface area contributed by atoms with E-state index in [0.29, 0.717) is 17.7 Å². The number of pyridine rings is 1. The van der Waals surface area contributed by atoms with Crippen molar-refractivity contribution in [2.24, 2.45) is 0 Å². The van der Waals surface area contributed by atoms with Gasteiger partial charge in [-0.05, 0) is 54.8 Å². The van der Waals surface area contributed by atoms with Crippen LogP contribution in [0.25, 0.3) is 22.2 Å². The number of nitrogens with zero attached hydrogens (tertiary/aromatic N) is 1. The summed E-state index contributed by atoms with van der Waals surface area (Å²) in [4.78, 5) is 7.63. The number of benzene rings is 2. The molecule has 0 aliphatic heterocycles. The molecule has 7 heteroatoms. The van der Waals surface area contributed by atoms with E-state index in [1.54, 1.807) is 13.0 Å². The first-order chi connectivity index (χ1) is 14.3. The molecule has 0 atom stereocenters. The maximum absolute atomic E-state index is 14.5. The first-order valence-corrected chi connectivity index (χ1v) is 11.3. The van der Waals surface area contributed by atoms with Crippen LogP contribution in [0.15, 0.2) is 60.9 Å². The van der Waals surface area contributed by atoms with E-state index in [9.17, 15) is 12.8 Å². The highest BCUT2D eigenvalue weighted by Crippen LogP contribution is 2.27. The van der Waals surface area contributed by atoms with Crippen LogP contribution in [0.2, 0.25) is 0 Å². The third-order valence-electron chi connectivity index (χ3n) is 5.08. The number of fused-ring (bicyclic) bond motifs is 1. The number of aromatic nitrogens is 2. The fourth-order valence-corrected chi connectivity index (χ4v) is 3.97. The second kappa shape index (κ2) is 7.91. The van der Waals surface area contributed by atoms with Gasteiger partial charge in [-0.25, -0.2) is 17.8 Å². The third kappa shape index (κ3) is 4.21. The van der Waals surface area contributed by atoms with Crippen molar-refractivity contribution in [3.05, 3.63) is 83.4 Å². The highest BCUT2D eigenvalue weighted by molar-refractivity contribution is 7.92. The molecular weight excluding hydrogens is 401 g/mol. The summed E-state index contributed by atoms with van der Waals surface area (Å²) < 4.78 is 40.6. The number of hydrogen-bond donors (Lipinski definition) is 2. The van der Waals surface area contributed by atoms with Crippen molar-refractivity contribution >= 4 is 26.7 Å². The zero-order valence-corrected chi connectivity index (χ0v) is 17.6. The molecule has 0 bridgehead atoms. The SMILES string of the molecule is CCS(=O)(=O)Nc1ccc(F)c(Cc2c[nH]c3ncc(-c4ccc(C)cc4)cc23)c1. The second-order valence-corrected chi connectivity index (χ2v) is 9.30. The van der Waals surface area contributed by atoms with Crippen molar-refractivity contribution in [1.82, 2.24) is 9.97 Å². The van der Waals surface area contributed by atoms with Crippen LogP contribution < -0.4 is 4.72 Å². The molecular formula is C23H22FN3O2S. The molecule has 154 valence electrons. The summed E-state index contributed by atoms with van der Waals surface area (Å²) in [6.07, 6.45) is 3.94. The minimum Gasteiger partial charge on any atom is -0.346 e. The molecule has 0 unspecified atom stereocenters. The standard InChI is InChI=1S/C23H22FN3O2S/c1-3-30(28,29)27-20-8-9-22(24)17(11-20)10-19-14-26-23-21(19)12-18(13-25-23)16-6-4-15(2)5-7-16/h4-9,11-14,27H,3,10H2,1-2H3,(H,25,26). The first kappa shape index (κ1) is 20.1. The smallest absolute Gasteiger partial charge is 0.232 e. The fourth-order valence-electron chi connectivity index (χ4n) is 3.34. The molecule has 0 spiro atoms. The molecule has 4 rings (SSSR count).